The fourth-order valence-corrected chi connectivity index (χ4v) is 10.1. The van der Waals surface area contributed by atoms with Crippen LogP contribution >= 0.6 is 20.2 Å². The molecule has 0 radical (unpaired) electrons. The zero-order valence-electron chi connectivity index (χ0n) is 22.3. The van der Waals surface area contributed by atoms with Gasteiger partial charge in [0.2, 0.25) is 0 Å². The van der Waals surface area contributed by atoms with Crippen LogP contribution in [0, 0.1) is 7.14 Å². The fourth-order valence-electron chi connectivity index (χ4n) is 3.75. The first kappa shape index (κ1) is 30.9. The molecule has 5 nitrogen and oxygen atoms in total. The van der Waals surface area contributed by atoms with E-state index in [0.717, 1.165) is 37.7 Å². The van der Waals surface area contributed by atoms with Crippen molar-refractivity contribution in [3.63, 3.8) is 0 Å². The SMILES string of the molecule is CCCCCCCCOc1ccc(I(OS(C)(=O)=O)c2ccc(OCCCCCCCC)cc2)cc1. The van der Waals surface area contributed by atoms with Crippen molar-refractivity contribution in [2.75, 3.05) is 19.5 Å². The fraction of sp³-hybridized carbons (Fsp3) is 0.586. The van der Waals surface area contributed by atoms with Crippen molar-refractivity contribution in [2.24, 2.45) is 0 Å². The topological polar surface area (TPSA) is 61.8 Å². The number of ether oxygens (including phenoxy) is 2. The number of halogens is 1. The van der Waals surface area contributed by atoms with Crippen LogP contribution in [0.3, 0.4) is 0 Å². The van der Waals surface area contributed by atoms with E-state index < -0.39 is 30.4 Å². The summed E-state index contributed by atoms with van der Waals surface area (Å²) in [6, 6.07) is 15.4. The van der Waals surface area contributed by atoms with Gasteiger partial charge >= 0.3 is 214 Å². The van der Waals surface area contributed by atoms with Gasteiger partial charge in [-0.1, -0.05) is 13.8 Å². The van der Waals surface area contributed by atoms with Crippen molar-refractivity contribution in [3.8, 4) is 11.5 Å². The average Bonchev–Trinajstić information content (AvgIpc) is 2.87. The molecule has 0 saturated heterocycles. The van der Waals surface area contributed by atoms with E-state index in [0.29, 0.717) is 13.2 Å². The summed E-state index contributed by atoms with van der Waals surface area (Å²) in [5, 5.41) is 0. The monoisotopic (exact) mass is 632 g/mol. The Hall–Kier alpha value is -1.32. The summed E-state index contributed by atoms with van der Waals surface area (Å²) in [7, 11) is -3.59. The molecule has 0 aromatic heterocycles. The van der Waals surface area contributed by atoms with Crippen molar-refractivity contribution >= 4 is 30.4 Å². The summed E-state index contributed by atoms with van der Waals surface area (Å²) in [4.78, 5) is 0. The van der Waals surface area contributed by atoms with Gasteiger partial charge < -0.3 is 0 Å². The molecule has 0 aliphatic heterocycles. The quantitative estimate of drug-likeness (QED) is 0.108. The Balaban J connectivity index is 1.91. The van der Waals surface area contributed by atoms with Gasteiger partial charge in [0.05, 0.1) is 0 Å². The number of hydrogen-bond acceptors (Lipinski definition) is 5. The Bertz CT molecular complexity index is 868. The average molecular weight is 633 g/mol. The third kappa shape index (κ3) is 13.3. The van der Waals surface area contributed by atoms with Crippen LogP contribution in [-0.4, -0.2) is 27.9 Å². The summed E-state index contributed by atoms with van der Waals surface area (Å²) in [6.45, 7) is 5.85. The zero-order valence-corrected chi connectivity index (χ0v) is 25.3. The first-order valence-electron chi connectivity index (χ1n) is 13.5. The van der Waals surface area contributed by atoms with E-state index in [9.17, 15) is 8.42 Å². The van der Waals surface area contributed by atoms with E-state index in [-0.39, 0.29) is 0 Å². The predicted octanol–water partition coefficient (Wildman–Crippen LogP) is 8.60. The van der Waals surface area contributed by atoms with E-state index >= 15 is 0 Å². The molecule has 0 amide bonds. The van der Waals surface area contributed by atoms with Gasteiger partial charge in [0.25, 0.3) is 0 Å². The maximum atomic E-state index is 12.0. The van der Waals surface area contributed by atoms with Gasteiger partial charge in [-0.25, -0.2) is 0 Å². The van der Waals surface area contributed by atoms with Crippen LogP contribution in [0.15, 0.2) is 48.5 Å². The van der Waals surface area contributed by atoms with Crippen LogP contribution in [0.2, 0.25) is 0 Å². The molecule has 0 aliphatic rings. The molecule has 0 aliphatic carbocycles. The number of hydrogen-bond donors (Lipinski definition) is 0. The molecular formula is C29H45IO5S. The Morgan fingerprint density at radius 2 is 0.944 bits per heavy atom. The zero-order chi connectivity index (χ0) is 26.1. The molecule has 0 N–H and O–H groups in total. The van der Waals surface area contributed by atoms with Crippen LogP contribution in [0.5, 0.6) is 11.5 Å². The van der Waals surface area contributed by atoms with Crippen LogP contribution in [0.25, 0.3) is 0 Å². The van der Waals surface area contributed by atoms with Crippen molar-refractivity contribution in [2.45, 2.75) is 90.9 Å². The molecule has 36 heavy (non-hydrogen) atoms. The van der Waals surface area contributed by atoms with E-state index in [2.05, 4.69) is 13.8 Å². The van der Waals surface area contributed by atoms with Gasteiger partial charge in [-0.3, -0.25) is 0 Å². The van der Waals surface area contributed by atoms with E-state index in [4.69, 9.17) is 12.0 Å². The van der Waals surface area contributed by atoms with Crippen molar-refractivity contribution < 1.29 is 20.4 Å². The summed E-state index contributed by atoms with van der Waals surface area (Å²) in [5.74, 6) is 1.61. The molecule has 0 fully saturated rings. The van der Waals surface area contributed by atoms with Gasteiger partial charge in [-0.15, -0.1) is 0 Å². The number of rotatable bonds is 20. The van der Waals surface area contributed by atoms with Gasteiger partial charge in [0.15, 0.2) is 0 Å². The van der Waals surface area contributed by atoms with Crippen molar-refractivity contribution in [3.05, 3.63) is 55.7 Å². The van der Waals surface area contributed by atoms with Crippen molar-refractivity contribution in [1.29, 1.82) is 0 Å². The van der Waals surface area contributed by atoms with E-state index in [1.807, 2.05) is 48.5 Å². The van der Waals surface area contributed by atoms with Gasteiger partial charge in [-0.05, 0) is 0 Å². The molecule has 0 atom stereocenters. The second kappa shape index (κ2) is 18.0. The number of unbranched alkanes of at least 4 members (excludes halogenated alkanes) is 10. The molecule has 2 aromatic rings. The standard InChI is InChI=1S/C29H45IO5S/c1-4-6-8-10-12-14-24-33-28-20-16-26(17-21-28)30(35-36(3,31)32)27-18-22-29(23-19-27)34-25-15-13-11-9-7-5-2/h16-23H,4-15,24-25H2,1-3H3. The molecule has 2 rings (SSSR count). The molecule has 204 valence electrons. The minimum atomic E-state index is -3.59. The summed E-state index contributed by atoms with van der Waals surface area (Å²) in [5.41, 5.74) is 0. The minimum absolute atomic E-state index is 0.702. The Labute approximate surface area is 227 Å². The Morgan fingerprint density at radius 3 is 1.31 bits per heavy atom. The van der Waals surface area contributed by atoms with Crippen LogP contribution in [0.1, 0.15) is 90.9 Å². The second-order valence-corrected chi connectivity index (χ2v) is 15.7. The van der Waals surface area contributed by atoms with Crippen LogP contribution < -0.4 is 9.47 Å². The molecule has 7 heteroatoms. The second-order valence-electron chi connectivity index (χ2n) is 9.16. The summed E-state index contributed by atoms with van der Waals surface area (Å²) in [6.07, 6.45) is 15.8. The molecule has 0 unspecified atom stereocenters. The van der Waals surface area contributed by atoms with E-state index in [1.54, 1.807) is 0 Å². The van der Waals surface area contributed by atoms with Crippen molar-refractivity contribution in [1.82, 2.24) is 0 Å². The summed E-state index contributed by atoms with van der Waals surface area (Å²) >= 11 is -2.63. The molecule has 0 saturated carbocycles. The normalized spacial score (nSPS) is 11.9. The maximum absolute atomic E-state index is 12.0. The van der Waals surface area contributed by atoms with Gasteiger partial charge in [-0.2, -0.15) is 0 Å². The molecule has 0 bridgehead atoms. The third-order valence-corrected chi connectivity index (χ3v) is 12.8. The van der Waals surface area contributed by atoms with Crippen LogP contribution in [0.4, 0.5) is 0 Å². The summed E-state index contributed by atoms with van der Waals surface area (Å²) < 4.78 is 43.3. The molecule has 2 aromatic carbocycles. The Morgan fingerprint density at radius 1 is 0.583 bits per heavy atom. The van der Waals surface area contributed by atoms with Gasteiger partial charge in [0, 0.05) is 0 Å². The predicted molar refractivity (Wildman–Crippen MR) is 158 cm³/mol. The van der Waals surface area contributed by atoms with Gasteiger partial charge in [0.1, 0.15) is 0 Å². The Kier molecular flexibility index (Phi) is 15.5. The molecule has 0 heterocycles. The van der Waals surface area contributed by atoms with Crippen LogP contribution in [-0.2, 0) is 12.6 Å². The number of benzene rings is 2. The molecule has 0 spiro atoms. The third-order valence-electron chi connectivity index (χ3n) is 5.73. The first-order chi connectivity index (χ1) is 17.4. The first-order valence-corrected chi connectivity index (χ1v) is 18.3. The van der Waals surface area contributed by atoms with E-state index in [1.165, 1.54) is 64.2 Å². The molecular weight excluding hydrogens is 587 g/mol.